The third kappa shape index (κ3) is 5.69. The van der Waals surface area contributed by atoms with E-state index in [9.17, 15) is 19.8 Å². The van der Waals surface area contributed by atoms with Crippen LogP contribution in [-0.4, -0.2) is 26.3 Å². The second-order valence-electron chi connectivity index (χ2n) is 7.07. The van der Waals surface area contributed by atoms with Crippen LogP contribution in [0.2, 0.25) is 0 Å². The van der Waals surface area contributed by atoms with Crippen LogP contribution in [-0.2, 0) is 24.2 Å². The molecule has 2 rings (SSSR count). The molecule has 2 aromatic rings. The topological polar surface area (TPSA) is 106 Å². The smallest absolute Gasteiger partial charge is 0.324 e. The van der Waals surface area contributed by atoms with Crippen molar-refractivity contribution >= 4 is 5.97 Å². The van der Waals surface area contributed by atoms with Crippen molar-refractivity contribution in [3.63, 3.8) is 0 Å². The SMILES string of the molecule is CCCCCCn1cc(O)c(=O)cc1CC(N)(Cc1ccccc1)C(=O)O. The molecule has 0 aliphatic rings. The van der Waals surface area contributed by atoms with E-state index in [-0.39, 0.29) is 18.6 Å². The Kier molecular flexibility index (Phi) is 7.19. The number of rotatable bonds is 10. The van der Waals surface area contributed by atoms with Gasteiger partial charge in [-0.2, -0.15) is 0 Å². The lowest BCUT2D eigenvalue weighted by Gasteiger charge is -2.27. The summed E-state index contributed by atoms with van der Waals surface area (Å²) in [6.07, 6.45) is 5.64. The summed E-state index contributed by atoms with van der Waals surface area (Å²) in [5, 5.41) is 19.5. The first-order chi connectivity index (χ1) is 12.9. The zero-order valence-corrected chi connectivity index (χ0v) is 15.7. The number of unbranched alkanes of at least 4 members (excludes halogenated alkanes) is 3. The van der Waals surface area contributed by atoms with Crippen LogP contribution >= 0.6 is 0 Å². The molecule has 0 spiro atoms. The van der Waals surface area contributed by atoms with E-state index in [0.717, 1.165) is 31.2 Å². The molecule has 0 saturated carbocycles. The van der Waals surface area contributed by atoms with Crippen molar-refractivity contribution in [1.29, 1.82) is 0 Å². The summed E-state index contributed by atoms with van der Waals surface area (Å²) in [4.78, 5) is 23.9. The standard InChI is InChI=1S/C21H28N2O4/c1-2-3-4-8-11-23-15-19(25)18(24)12-17(23)14-21(22,20(26)27)13-16-9-6-5-7-10-16/h5-7,9-10,12,15,25H,2-4,8,11,13-14,22H2,1H3,(H,26,27). The summed E-state index contributed by atoms with van der Waals surface area (Å²) in [6, 6.07) is 10.5. The number of aromatic nitrogens is 1. The maximum Gasteiger partial charge on any atom is 0.324 e. The Hall–Kier alpha value is -2.60. The molecule has 27 heavy (non-hydrogen) atoms. The Morgan fingerprint density at radius 2 is 1.85 bits per heavy atom. The number of aliphatic carboxylic acids is 1. The first-order valence-corrected chi connectivity index (χ1v) is 9.34. The van der Waals surface area contributed by atoms with Crippen LogP contribution in [0.15, 0.2) is 47.4 Å². The fraction of sp³-hybridized carbons (Fsp3) is 0.429. The van der Waals surface area contributed by atoms with E-state index >= 15 is 0 Å². The molecule has 0 amide bonds. The van der Waals surface area contributed by atoms with E-state index in [1.54, 1.807) is 4.57 Å². The number of hydrogen-bond acceptors (Lipinski definition) is 4. The molecule has 6 heteroatoms. The van der Waals surface area contributed by atoms with E-state index in [2.05, 4.69) is 6.92 Å². The summed E-state index contributed by atoms with van der Waals surface area (Å²) >= 11 is 0. The molecule has 1 aromatic heterocycles. The van der Waals surface area contributed by atoms with Gasteiger partial charge in [0.25, 0.3) is 0 Å². The quantitative estimate of drug-likeness (QED) is 0.556. The summed E-state index contributed by atoms with van der Waals surface area (Å²) in [5.74, 6) is -1.46. The van der Waals surface area contributed by atoms with Gasteiger partial charge in [-0.05, 0) is 12.0 Å². The van der Waals surface area contributed by atoms with Crippen molar-refractivity contribution in [2.75, 3.05) is 0 Å². The minimum absolute atomic E-state index is 0.000521. The molecule has 0 radical (unpaired) electrons. The van der Waals surface area contributed by atoms with Gasteiger partial charge >= 0.3 is 5.97 Å². The fourth-order valence-electron chi connectivity index (χ4n) is 3.17. The van der Waals surface area contributed by atoms with Crippen molar-refractivity contribution in [1.82, 2.24) is 4.57 Å². The highest BCUT2D eigenvalue weighted by atomic mass is 16.4. The Labute approximate surface area is 159 Å². The fourth-order valence-corrected chi connectivity index (χ4v) is 3.17. The van der Waals surface area contributed by atoms with Gasteiger partial charge in [0, 0.05) is 31.1 Å². The average Bonchev–Trinajstić information content (AvgIpc) is 2.63. The van der Waals surface area contributed by atoms with Crippen molar-refractivity contribution in [2.24, 2.45) is 5.73 Å². The predicted molar refractivity (Wildman–Crippen MR) is 105 cm³/mol. The maximum atomic E-state index is 11.9. The number of aryl methyl sites for hydroxylation is 1. The molecular weight excluding hydrogens is 344 g/mol. The van der Waals surface area contributed by atoms with Gasteiger partial charge < -0.3 is 20.5 Å². The molecular formula is C21H28N2O4. The zero-order valence-electron chi connectivity index (χ0n) is 15.7. The third-order valence-electron chi connectivity index (χ3n) is 4.73. The molecule has 1 heterocycles. The van der Waals surface area contributed by atoms with Crippen molar-refractivity contribution in [3.8, 4) is 5.75 Å². The lowest BCUT2D eigenvalue weighted by Crippen LogP contribution is -2.52. The van der Waals surface area contributed by atoms with Crippen LogP contribution in [0.5, 0.6) is 5.75 Å². The summed E-state index contributed by atoms with van der Waals surface area (Å²) in [5.41, 5.74) is 5.53. The highest BCUT2D eigenvalue weighted by molar-refractivity contribution is 5.79. The van der Waals surface area contributed by atoms with Crippen molar-refractivity contribution < 1.29 is 15.0 Å². The number of carboxylic acid groups (broad SMARTS) is 1. The summed E-state index contributed by atoms with van der Waals surface area (Å²) in [6.45, 7) is 2.72. The molecule has 0 aliphatic carbocycles. The molecule has 0 bridgehead atoms. The van der Waals surface area contributed by atoms with Gasteiger partial charge in [-0.3, -0.25) is 9.59 Å². The van der Waals surface area contributed by atoms with E-state index in [1.165, 1.54) is 12.3 Å². The van der Waals surface area contributed by atoms with Gasteiger partial charge in [0.2, 0.25) is 5.43 Å². The lowest BCUT2D eigenvalue weighted by molar-refractivity contribution is -0.143. The summed E-state index contributed by atoms with van der Waals surface area (Å²) in [7, 11) is 0. The second kappa shape index (κ2) is 9.37. The van der Waals surface area contributed by atoms with Gasteiger partial charge in [-0.1, -0.05) is 56.5 Å². The lowest BCUT2D eigenvalue weighted by atomic mass is 9.87. The highest BCUT2D eigenvalue weighted by Gasteiger charge is 2.35. The van der Waals surface area contributed by atoms with Gasteiger partial charge in [0.15, 0.2) is 5.75 Å². The first kappa shape index (κ1) is 20.7. The monoisotopic (exact) mass is 372 g/mol. The van der Waals surface area contributed by atoms with Gasteiger partial charge in [0.05, 0.1) is 6.20 Å². The number of hydrogen-bond donors (Lipinski definition) is 3. The number of carbonyl (C=O) groups is 1. The first-order valence-electron chi connectivity index (χ1n) is 9.34. The van der Waals surface area contributed by atoms with E-state index in [1.807, 2.05) is 30.3 Å². The number of benzene rings is 1. The van der Waals surface area contributed by atoms with Crippen LogP contribution in [0.4, 0.5) is 0 Å². The number of carboxylic acids is 1. The Balaban J connectivity index is 2.29. The largest absolute Gasteiger partial charge is 0.503 e. The summed E-state index contributed by atoms with van der Waals surface area (Å²) < 4.78 is 1.75. The van der Waals surface area contributed by atoms with E-state index < -0.39 is 16.9 Å². The average molecular weight is 372 g/mol. The number of aromatic hydroxyl groups is 1. The number of nitrogens with two attached hydrogens (primary N) is 1. The van der Waals surface area contributed by atoms with Gasteiger partial charge in [-0.15, -0.1) is 0 Å². The van der Waals surface area contributed by atoms with Crippen LogP contribution in [0.1, 0.15) is 43.9 Å². The molecule has 4 N–H and O–H groups in total. The van der Waals surface area contributed by atoms with Crippen molar-refractivity contribution in [2.45, 2.75) is 57.5 Å². The molecule has 0 aliphatic heterocycles. The van der Waals surface area contributed by atoms with Crippen molar-refractivity contribution in [3.05, 3.63) is 64.1 Å². The van der Waals surface area contributed by atoms with Crippen LogP contribution in [0.25, 0.3) is 0 Å². The predicted octanol–water partition coefficient (Wildman–Crippen LogP) is 2.70. The maximum absolute atomic E-state index is 11.9. The molecule has 0 fully saturated rings. The Bertz CT molecular complexity index is 817. The molecule has 0 saturated heterocycles. The molecule has 146 valence electrons. The normalized spacial score (nSPS) is 13.3. The molecule has 1 atom stereocenters. The Morgan fingerprint density at radius 3 is 2.48 bits per heavy atom. The third-order valence-corrected chi connectivity index (χ3v) is 4.73. The molecule has 1 unspecified atom stereocenters. The second-order valence-corrected chi connectivity index (χ2v) is 7.07. The molecule has 1 aromatic carbocycles. The number of nitrogens with zero attached hydrogens (tertiary/aromatic N) is 1. The van der Waals surface area contributed by atoms with Gasteiger partial charge in [0.1, 0.15) is 5.54 Å². The minimum Gasteiger partial charge on any atom is -0.503 e. The minimum atomic E-state index is -1.55. The number of pyridine rings is 1. The molecule has 6 nitrogen and oxygen atoms in total. The van der Waals surface area contributed by atoms with Crippen LogP contribution < -0.4 is 11.2 Å². The van der Waals surface area contributed by atoms with Crippen LogP contribution in [0, 0.1) is 0 Å². The Morgan fingerprint density at radius 1 is 1.15 bits per heavy atom. The van der Waals surface area contributed by atoms with E-state index in [0.29, 0.717) is 12.2 Å². The van der Waals surface area contributed by atoms with E-state index in [4.69, 9.17) is 5.73 Å². The van der Waals surface area contributed by atoms with Crippen LogP contribution in [0.3, 0.4) is 0 Å². The zero-order chi connectivity index (χ0) is 19.9. The highest BCUT2D eigenvalue weighted by Crippen LogP contribution is 2.19. The van der Waals surface area contributed by atoms with Gasteiger partial charge in [-0.25, -0.2) is 0 Å².